The Morgan fingerprint density at radius 3 is 2.18 bits per heavy atom. The zero-order valence-corrected chi connectivity index (χ0v) is 17.2. The smallest absolute Gasteiger partial charge is 0.338 e. The number of esters is 1. The fourth-order valence-electron chi connectivity index (χ4n) is 2.32. The molecule has 9 heteroatoms. The summed E-state index contributed by atoms with van der Waals surface area (Å²) in [6, 6.07) is 8.98. The number of hydrogen-bond donors (Lipinski definition) is 2. The van der Waals surface area contributed by atoms with Crippen LogP contribution in [0.4, 0.5) is 0 Å². The second-order valence-electron chi connectivity index (χ2n) is 6.90. The highest BCUT2D eigenvalue weighted by Crippen LogP contribution is 2.29. The number of benzene rings is 1. The first kappa shape index (κ1) is 25.9. The summed E-state index contributed by atoms with van der Waals surface area (Å²) in [6.45, 7) is 6.52. The standard InChI is InChI=1S/C15H20O4.C3H8O2.CH3NO2/c1-10-9-13(19-15(10)17-3)11(2)18-14(16)12-7-5-4-6-8-12;1-3(2,4)5;1-2(3)4/h4-8,10-11,13,15H,9H2,1-3H3;4-5H,1-2H3;1H3. The van der Waals surface area contributed by atoms with E-state index in [0.717, 1.165) is 13.5 Å². The Morgan fingerprint density at radius 2 is 1.79 bits per heavy atom. The van der Waals surface area contributed by atoms with Crippen molar-refractivity contribution in [2.24, 2.45) is 5.92 Å². The first-order valence-electron chi connectivity index (χ1n) is 8.82. The third-order valence-electron chi connectivity index (χ3n) is 3.44. The molecular weight excluding hydrogens is 370 g/mol. The van der Waals surface area contributed by atoms with Crippen LogP contribution in [0.15, 0.2) is 30.3 Å². The van der Waals surface area contributed by atoms with E-state index >= 15 is 0 Å². The van der Waals surface area contributed by atoms with Crippen LogP contribution in [-0.4, -0.2) is 59.5 Å². The van der Waals surface area contributed by atoms with Crippen molar-refractivity contribution in [2.45, 2.75) is 58.4 Å². The molecule has 0 saturated carbocycles. The van der Waals surface area contributed by atoms with E-state index in [4.69, 9.17) is 34.5 Å². The number of nitrogens with zero attached hydrogens (tertiary/aromatic N) is 1. The molecule has 9 nitrogen and oxygen atoms in total. The quantitative estimate of drug-likeness (QED) is 0.340. The van der Waals surface area contributed by atoms with Gasteiger partial charge >= 0.3 is 5.97 Å². The van der Waals surface area contributed by atoms with Crippen molar-refractivity contribution < 1.29 is 34.1 Å². The van der Waals surface area contributed by atoms with E-state index in [0.29, 0.717) is 11.5 Å². The number of nitro groups is 1. The Bertz CT molecular complexity index is 577. The highest BCUT2D eigenvalue weighted by atomic mass is 16.7. The second kappa shape index (κ2) is 12.4. The third-order valence-corrected chi connectivity index (χ3v) is 3.44. The van der Waals surface area contributed by atoms with Crippen molar-refractivity contribution in [3.05, 3.63) is 46.0 Å². The molecule has 0 amide bonds. The molecule has 1 aliphatic rings. The van der Waals surface area contributed by atoms with Crippen molar-refractivity contribution >= 4 is 5.97 Å². The molecule has 0 spiro atoms. The molecule has 1 aromatic rings. The molecule has 28 heavy (non-hydrogen) atoms. The predicted octanol–water partition coefficient (Wildman–Crippen LogP) is 2.23. The van der Waals surface area contributed by atoms with Gasteiger partial charge in [0.25, 0.3) is 0 Å². The van der Waals surface area contributed by atoms with Gasteiger partial charge in [-0.25, -0.2) is 4.79 Å². The van der Waals surface area contributed by atoms with E-state index < -0.39 is 10.7 Å². The summed E-state index contributed by atoms with van der Waals surface area (Å²) in [4.78, 5) is 20.2. The van der Waals surface area contributed by atoms with Gasteiger partial charge in [-0.1, -0.05) is 25.1 Å². The van der Waals surface area contributed by atoms with Gasteiger partial charge in [0, 0.05) is 18.0 Å². The molecule has 2 N–H and O–H groups in total. The molecular formula is C19H31NO8. The van der Waals surface area contributed by atoms with E-state index in [1.807, 2.05) is 25.1 Å². The summed E-state index contributed by atoms with van der Waals surface area (Å²) < 4.78 is 16.4. The minimum atomic E-state index is -1.50. The van der Waals surface area contributed by atoms with Crippen molar-refractivity contribution in [1.82, 2.24) is 0 Å². The number of methoxy groups -OCH3 is 1. The van der Waals surface area contributed by atoms with Gasteiger partial charge in [-0.15, -0.1) is 0 Å². The van der Waals surface area contributed by atoms with Crippen LogP contribution < -0.4 is 0 Å². The Labute approximate surface area is 165 Å². The summed E-state index contributed by atoms with van der Waals surface area (Å²) in [5.41, 5.74) is 0.559. The lowest BCUT2D eigenvalue weighted by molar-refractivity contribution is -0.445. The van der Waals surface area contributed by atoms with E-state index in [1.54, 1.807) is 19.2 Å². The minimum absolute atomic E-state index is 0.104. The van der Waals surface area contributed by atoms with Crippen LogP contribution >= 0.6 is 0 Å². The molecule has 1 aromatic carbocycles. The third kappa shape index (κ3) is 12.3. The van der Waals surface area contributed by atoms with Crippen molar-refractivity contribution in [3.63, 3.8) is 0 Å². The SMILES string of the molecule is CC(C)(O)O.COC1OC(C(C)OC(=O)c2ccccc2)CC1C.C[N+](=O)[O-]. The number of carbonyl (C=O) groups is 1. The molecule has 1 saturated heterocycles. The normalized spacial score (nSPS) is 22.1. The largest absolute Gasteiger partial charge is 0.456 e. The van der Waals surface area contributed by atoms with Crippen LogP contribution in [0.25, 0.3) is 0 Å². The zero-order valence-electron chi connectivity index (χ0n) is 17.2. The Morgan fingerprint density at radius 1 is 1.32 bits per heavy atom. The Kier molecular flexibility index (Phi) is 11.5. The van der Waals surface area contributed by atoms with Gasteiger partial charge in [-0.2, -0.15) is 0 Å². The maximum Gasteiger partial charge on any atom is 0.338 e. The monoisotopic (exact) mass is 401 g/mol. The summed E-state index contributed by atoms with van der Waals surface area (Å²) in [6.07, 6.45) is 0.243. The Hall–Kier alpha value is -2.07. The topological polar surface area (TPSA) is 128 Å². The maximum atomic E-state index is 11.9. The molecule has 1 aliphatic heterocycles. The lowest BCUT2D eigenvalue weighted by atomic mass is 10.0. The second-order valence-corrected chi connectivity index (χ2v) is 6.90. The average molecular weight is 401 g/mol. The fraction of sp³-hybridized carbons (Fsp3) is 0.632. The minimum Gasteiger partial charge on any atom is -0.456 e. The molecule has 0 aromatic heterocycles. The number of aliphatic hydroxyl groups is 2. The first-order chi connectivity index (χ1) is 12.8. The maximum absolute atomic E-state index is 11.9. The molecule has 0 aliphatic carbocycles. The van der Waals surface area contributed by atoms with E-state index in [1.165, 1.54) is 13.8 Å². The highest BCUT2D eigenvalue weighted by molar-refractivity contribution is 5.89. The van der Waals surface area contributed by atoms with E-state index in [2.05, 4.69) is 6.92 Å². The lowest BCUT2D eigenvalue weighted by Gasteiger charge is -2.20. The van der Waals surface area contributed by atoms with Gasteiger partial charge in [-0.05, 0) is 39.3 Å². The van der Waals surface area contributed by atoms with Gasteiger partial charge < -0.3 is 24.4 Å². The van der Waals surface area contributed by atoms with Crippen LogP contribution in [0.1, 0.15) is 44.5 Å². The number of rotatable bonds is 4. The van der Waals surface area contributed by atoms with Crippen LogP contribution in [0.5, 0.6) is 0 Å². The molecule has 4 unspecified atom stereocenters. The van der Waals surface area contributed by atoms with E-state index in [-0.39, 0.29) is 24.5 Å². The number of hydrogen-bond acceptors (Lipinski definition) is 8. The number of ether oxygens (including phenoxy) is 3. The van der Waals surface area contributed by atoms with Crippen LogP contribution in [0.2, 0.25) is 0 Å². The van der Waals surface area contributed by atoms with Crippen LogP contribution in [-0.2, 0) is 14.2 Å². The molecule has 160 valence electrons. The first-order valence-corrected chi connectivity index (χ1v) is 8.82. The van der Waals surface area contributed by atoms with Gasteiger partial charge in [0.05, 0.1) is 11.7 Å². The van der Waals surface area contributed by atoms with Gasteiger partial charge in [0.1, 0.15) is 6.10 Å². The molecule has 2 rings (SSSR count). The summed E-state index contributed by atoms with van der Waals surface area (Å²) in [7, 11) is 2.52. The molecule has 1 heterocycles. The van der Waals surface area contributed by atoms with Crippen molar-refractivity contribution in [3.8, 4) is 0 Å². The summed E-state index contributed by atoms with van der Waals surface area (Å²) >= 11 is 0. The fourth-order valence-corrected chi connectivity index (χ4v) is 2.32. The lowest BCUT2D eigenvalue weighted by Crippen LogP contribution is -2.29. The average Bonchev–Trinajstić information content (AvgIpc) is 2.94. The predicted molar refractivity (Wildman–Crippen MR) is 102 cm³/mol. The van der Waals surface area contributed by atoms with Crippen molar-refractivity contribution in [1.29, 1.82) is 0 Å². The molecule has 1 fully saturated rings. The molecule has 0 bridgehead atoms. The molecule has 0 radical (unpaired) electrons. The zero-order chi connectivity index (χ0) is 21.9. The van der Waals surface area contributed by atoms with Crippen LogP contribution in [0, 0.1) is 16.0 Å². The molecule has 4 atom stereocenters. The van der Waals surface area contributed by atoms with Crippen molar-refractivity contribution in [2.75, 3.05) is 14.2 Å². The Balaban J connectivity index is 0.000000681. The van der Waals surface area contributed by atoms with Gasteiger partial charge in [0.2, 0.25) is 0 Å². The number of carbonyl (C=O) groups excluding carboxylic acids is 1. The summed E-state index contributed by atoms with van der Waals surface area (Å²) in [5, 5.41) is 25.0. The van der Waals surface area contributed by atoms with E-state index in [9.17, 15) is 4.79 Å². The highest BCUT2D eigenvalue weighted by Gasteiger charge is 2.36. The summed E-state index contributed by atoms with van der Waals surface area (Å²) in [5.74, 6) is -1.50. The van der Waals surface area contributed by atoms with Crippen LogP contribution in [0.3, 0.4) is 0 Å². The van der Waals surface area contributed by atoms with Gasteiger partial charge in [-0.3, -0.25) is 10.1 Å². The van der Waals surface area contributed by atoms with Gasteiger partial charge in [0.15, 0.2) is 19.1 Å².